The number of nitrogens with zero attached hydrogens (tertiary/aromatic N) is 2. The number of aromatic amines is 1. The quantitative estimate of drug-likeness (QED) is 0.676. The zero-order valence-corrected chi connectivity index (χ0v) is 13.2. The lowest BCUT2D eigenvalue weighted by molar-refractivity contribution is 1.03. The zero-order valence-electron chi connectivity index (χ0n) is 10.9. The number of thioether (sulfide) groups is 1. The number of aromatic nitrogens is 3. The van der Waals surface area contributed by atoms with Gasteiger partial charge in [-0.05, 0) is 48.5 Å². The highest BCUT2D eigenvalue weighted by molar-refractivity contribution is 7.98. The maximum absolute atomic E-state index is 5.87. The van der Waals surface area contributed by atoms with E-state index in [0.29, 0.717) is 10.8 Å². The van der Waals surface area contributed by atoms with Gasteiger partial charge in [-0.3, -0.25) is 5.10 Å². The number of rotatable bonds is 4. The Kier molecular flexibility index (Phi) is 4.48. The second-order valence-electron chi connectivity index (χ2n) is 4.36. The van der Waals surface area contributed by atoms with E-state index in [2.05, 4.69) is 15.2 Å². The van der Waals surface area contributed by atoms with E-state index in [1.54, 1.807) is 11.8 Å². The van der Waals surface area contributed by atoms with E-state index in [9.17, 15) is 0 Å². The highest BCUT2D eigenvalue weighted by Gasteiger charge is 2.06. The molecule has 106 valence electrons. The first kappa shape index (κ1) is 14.4. The first-order valence-electron chi connectivity index (χ1n) is 6.26. The van der Waals surface area contributed by atoms with Gasteiger partial charge in [0.2, 0.25) is 0 Å². The fourth-order valence-electron chi connectivity index (χ4n) is 1.77. The van der Waals surface area contributed by atoms with Crippen LogP contribution >= 0.6 is 35.0 Å². The van der Waals surface area contributed by atoms with Crippen molar-refractivity contribution >= 4 is 35.0 Å². The van der Waals surface area contributed by atoms with Gasteiger partial charge >= 0.3 is 0 Å². The van der Waals surface area contributed by atoms with Crippen LogP contribution in [-0.4, -0.2) is 15.2 Å². The second kappa shape index (κ2) is 6.52. The summed E-state index contributed by atoms with van der Waals surface area (Å²) in [5.41, 5.74) is 0.943. The SMILES string of the molecule is Clc1ccc(SCc2nc(-c3ccc(Cl)cc3)n[nH]2)cc1. The minimum Gasteiger partial charge on any atom is -0.262 e. The lowest BCUT2D eigenvalue weighted by Crippen LogP contribution is -1.84. The van der Waals surface area contributed by atoms with Crippen molar-refractivity contribution in [1.82, 2.24) is 15.2 Å². The minimum absolute atomic E-state index is 0.679. The van der Waals surface area contributed by atoms with Crippen LogP contribution in [0.5, 0.6) is 0 Å². The maximum atomic E-state index is 5.87. The van der Waals surface area contributed by atoms with Gasteiger partial charge in [-0.15, -0.1) is 11.8 Å². The molecular weight excluding hydrogens is 325 g/mol. The molecule has 21 heavy (non-hydrogen) atoms. The highest BCUT2D eigenvalue weighted by atomic mass is 35.5. The molecule has 0 aliphatic carbocycles. The molecule has 0 bridgehead atoms. The van der Waals surface area contributed by atoms with Crippen LogP contribution < -0.4 is 0 Å². The minimum atomic E-state index is 0.679. The molecule has 3 rings (SSSR count). The highest BCUT2D eigenvalue weighted by Crippen LogP contribution is 2.24. The van der Waals surface area contributed by atoms with E-state index >= 15 is 0 Å². The number of nitrogens with one attached hydrogen (secondary N) is 1. The number of hydrogen-bond acceptors (Lipinski definition) is 3. The van der Waals surface area contributed by atoms with Gasteiger partial charge in [0.25, 0.3) is 0 Å². The number of hydrogen-bond donors (Lipinski definition) is 1. The summed E-state index contributed by atoms with van der Waals surface area (Å²) in [5, 5.41) is 8.63. The van der Waals surface area contributed by atoms with Crippen molar-refractivity contribution in [3.63, 3.8) is 0 Å². The summed E-state index contributed by atoms with van der Waals surface area (Å²) in [5.74, 6) is 2.24. The second-order valence-corrected chi connectivity index (χ2v) is 6.28. The number of halogens is 2. The van der Waals surface area contributed by atoms with Crippen LogP contribution in [0.1, 0.15) is 5.82 Å². The molecule has 1 aromatic heterocycles. The topological polar surface area (TPSA) is 41.6 Å². The third kappa shape index (κ3) is 3.79. The molecule has 2 aromatic carbocycles. The lowest BCUT2D eigenvalue weighted by Gasteiger charge is -1.98. The molecule has 0 spiro atoms. The van der Waals surface area contributed by atoms with Gasteiger partial charge in [-0.25, -0.2) is 4.98 Å². The molecule has 0 radical (unpaired) electrons. The van der Waals surface area contributed by atoms with Crippen molar-refractivity contribution in [2.24, 2.45) is 0 Å². The molecule has 0 atom stereocenters. The van der Waals surface area contributed by atoms with Crippen molar-refractivity contribution in [1.29, 1.82) is 0 Å². The first-order chi connectivity index (χ1) is 10.2. The van der Waals surface area contributed by atoms with Gasteiger partial charge in [0.1, 0.15) is 5.82 Å². The Morgan fingerprint density at radius 1 is 0.905 bits per heavy atom. The largest absolute Gasteiger partial charge is 0.262 e. The van der Waals surface area contributed by atoms with Crippen molar-refractivity contribution in [3.8, 4) is 11.4 Å². The van der Waals surface area contributed by atoms with Gasteiger partial charge in [-0.2, -0.15) is 5.10 Å². The molecule has 0 unspecified atom stereocenters. The smallest absolute Gasteiger partial charge is 0.181 e. The molecule has 0 saturated heterocycles. The summed E-state index contributed by atoms with van der Waals surface area (Å²) in [6, 6.07) is 15.2. The fraction of sp³-hybridized carbons (Fsp3) is 0.0667. The van der Waals surface area contributed by atoms with Crippen molar-refractivity contribution in [3.05, 3.63) is 64.4 Å². The standard InChI is InChI=1S/C15H11Cl2N3S/c16-11-3-1-10(2-4-11)15-18-14(19-20-15)9-21-13-7-5-12(17)6-8-13/h1-8H,9H2,(H,18,19,20). The van der Waals surface area contributed by atoms with Gasteiger partial charge < -0.3 is 0 Å². The average molecular weight is 336 g/mol. The van der Waals surface area contributed by atoms with E-state index in [1.165, 1.54) is 0 Å². The van der Waals surface area contributed by atoms with Crippen molar-refractivity contribution < 1.29 is 0 Å². The van der Waals surface area contributed by atoms with Gasteiger partial charge in [-0.1, -0.05) is 23.2 Å². The third-order valence-electron chi connectivity index (χ3n) is 2.82. The van der Waals surface area contributed by atoms with Crippen LogP contribution in [0.15, 0.2) is 53.4 Å². The number of H-pyrrole nitrogens is 1. The van der Waals surface area contributed by atoms with Crippen LogP contribution in [0, 0.1) is 0 Å². The predicted octanol–water partition coefficient (Wildman–Crippen LogP) is 5.07. The Balaban J connectivity index is 1.67. The molecular formula is C15H11Cl2N3S. The first-order valence-corrected chi connectivity index (χ1v) is 8.00. The predicted molar refractivity (Wildman–Crippen MR) is 87.8 cm³/mol. The van der Waals surface area contributed by atoms with E-state index in [4.69, 9.17) is 23.2 Å². The Hall–Kier alpha value is -1.49. The molecule has 0 amide bonds. The normalized spacial score (nSPS) is 10.8. The van der Waals surface area contributed by atoms with Crippen molar-refractivity contribution in [2.75, 3.05) is 0 Å². The van der Waals surface area contributed by atoms with Crippen LogP contribution in [0.2, 0.25) is 10.0 Å². The van der Waals surface area contributed by atoms with Crippen molar-refractivity contribution in [2.45, 2.75) is 10.6 Å². The summed E-state index contributed by atoms with van der Waals surface area (Å²) in [7, 11) is 0. The molecule has 0 saturated carbocycles. The van der Waals surface area contributed by atoms with Crippen LogP contribution in [0.4, 0.5) is 0 Å². The summed E-state index contributed by atoms with van der Waals surface area (Å²) in [6.07, 6.45) is 0. The molecule has 0 aliphatic heterocycles. The van der Waals surface area contributed by atoms with Gasteiger partial charge in [0.05, 0.1) is 5.75 Å². The lowest BCUT2D eigenvalue weighted by atomic mass is 10.2. The third-order valence-corrected chi connectivity index (χ3v) is 4.35. The van der Waals surface area contributed by atoms with Gasteiger partial charge in [0, 0.05) is 20.5 Å². The molecule has 1 N–H and O–H groups in total. The van der Waals surface area contributed by atoms with E-state index in [-0.39, 0.29) is 0 Å². The summed E-state index contributed by atoms with van der Waals surface area (Å²) >= 11 is 13.4. The Morgan fingerprint density at radius 3 is 2.19 bits per heavy atom. The van der Waals surface area contributed by atoms with E-state index < -0.39 is 0 Å². The number of benzene rings is 2. The molecule has 3 aromatic rings. The molecule has 1 heterocycles. The van der Waals surface area contributed by atoms with Crippen LogP contribution in [-0.2, 0) is 5.75 Å². The molecule has 0 aliphatic rings. The Labute approximate surface area is 136 Å². The summed E-state index contributed by atoms with van der Waals surface area (Å²) in [6.45, 7) is 0. The van der Waals surface area contributed by atoms with Crippen LogP contribution in [0.3, 0.4) is 0 Å². The average Bonchev–Trinajstić information content (AvgIpc) is 2.96. The summed E-state index contributed by atoms with van der Waals surface area (Å²) in [4.78, 5) is 5.63. The Bertz CT molecular complexity index is 723. The fourth-order valence-corrected chi connectivity index (χ4v) is 2.78. The van der Waals surface area contributed by atoms with E-state index in [1.807, 2.05) is 48.5 Å². The maximum Gasteiger partial charge on any atom is 0.181 e. The molecule has 0 fully saturated rings. The molecule has 6 heteroatoms. The van der Waals surface area contributed by atoms with E-state index in [0.717, 1.165) is 27.1 Å². The van der Waals surface area contributed by atoms with Crippen LogP contribution in [0.25, 0.3) is 11.4 Å². The monoisotopic (exact) mass is 335 g/mol. The zero-order chi connectivity index (χ0) is 14.7. The molecule has 3 nitrogen and oxygen atoms in total. The summed E-state index contributed by atoms with van der Waals surface area (Å²) < 4.78 is 0. The van der Waals surface area contributed by atoms with Gasteiger partial charge in [0.15, 0.2) is 5.82 Å². The Morgan fingerprint density at radius 2 is 1.52 bits per heavy atom.